The summed E-state index contributed by atoms with van der Waals surface area (Å²) in [7, 11) is -2.73. The highest BCUT2D eigenvalue weighted by Crippen LogP contribution is 2.32. The lowest BCUT2D eigenvalue weighted by atomic mass is 10.1. The summed E-state index contributed by atoms with van der Waals surface area (Å²) in [4.78, 5) is 28.2. The first-order valence-corrected chi connectivity index (χ1v) is 14.8. The lowest BCUT2D eigenvalue weighted by Crippen LogP contribution is -2.52. The second-order valence-electron chi connectivity index (χ2n) is 9.13. The number of carbonyl (C=O) groups excluding carboxylic acids is 2. The van der Waals surface area contributed by atoms with Crippen molar-refractivity contribution in [2.75, 3.05) is 18.0 Å². The van der Waals surface area contributed by atoms with E-state index in [-0.39, 0.29) is 34.1 Å². The molecular weight excluding hydrogens is 606 g/mol. The second-order valence-corrected chi connectivity index (χ2v) is 12.3. The molecule has 0 aromatic heterocycles. The van der Waals surface area contributed by atoms with Gasteiger partial charge in [-0.1, -0.05) is 57.9 Å². The number of methoxy groups -OCH3 is 1. The molecule has 3 rings (SSSR count). The van der Waals surface area contributed by atoms with E-state index in [0.717, 1.165) is 14.3 Å². The minimum Gasteiger partial charge on any atom is -0.495 e. The summed E-state index contributed by atoms with van der Waals surface area (Å²) in [5, 5.41) is 3.02. The summed E-state index contributed by atoms with van der Waals surface area (Å²) in [6, 6.07) is 18.6. The van der Waals surface area contributed by atoms with E-state index in [0.29, 0.717) is 5.75 Å². The van der Waals surface area contributed by atoms with Gasteiger partial charge in [-0.25, -0.2) is 8.42 Å². The Bertz CT molecular complexity index is 1400. The van der Waals surface area contributed by atoms with Crippen LogP contribution < -0.4 is 14.4 Å². The zero-order chi connectivity index (χ0) is 28.7. The van der Waals surface area contributed by atoms with Crippen molar-refractivity contribution in [3.8, 4) is 5.75 Å². The minimum absolute atomic E-state index is 0.00907. The molecule has 1 atom stereocenters. The van der Waals surface area contributed by atoms with Crippen LogP contribution in [-0.4, -0.2) is 50.9 Å². The number of anilines is 1. The van der Waals surface area contributed by atoms with E-state index in [1.165, 1.54) is 42.3 Å². The van der Waals surface area contributed by atoms with Crippen LogP contribution in [0.15, 0.2) is 82.2 Å². The normalized spacial score (nSPS) is 12.1. The molecule has 11 heteroatoms. The highest BCUT2D eigenvalue weighted by molar-refractivity contribution is 9.10. The summed E-state index contributed by atoms with van der Waals surface area (Å²) in [6.45, 7) is 4.81. The number of halogens is 2. The number of hydrogen-bond acceptors (Lipinski definition) is 5. The highest BCUT2D eigenvalue weighted by atomic mass is 79.9. The van der Waals surface area contributed by atoms with E-state index in [2.05, 4.69) is 21.2 Å². The Hall–Kier alpha value is -3.08. The lowest BCUT2D eigenvalue weighted by molar-refractivity contribution is -0.139. The summed E-state index contributed by atoms with van der Waals surface area (Å²) in [5.41, 5.74) is 0.960. The fourth-order valence-electron chi connectivity index (χ4n) is 3.83. The molecule has 0 aliphatic rings. The number of nitrogens with zero attached hydrogens (tertiary/aromatic N) is 2. The van der Waals surface area contributed by atoms with Crippen LogP contribution in [0.2, 0.25) is 5.02 Å². The Balaban J connectivity index is 2.05. The van der Waals surface area contributed by atoms with Crippen molar-refractivity contribution in [2.45, 2.75) is 44.3 Å². The molecule has 0 radical (unpaired) electrons. The fourth-order valence-corrected chi connectivity index (χ4v) is 5.78. The van der Waals surface area contributed by atoms with Crippen LogP contribution in [0, 0.1) is 0 Å². The molecule has 1 unspecified atom stereocenters. The average molecular weight is 637 g/mol. The largest absolute Gasteiger partial charge is 0.495 e. The molecule has 0 saturated heterocycles. The fraction of sp³-hybridized carbons (Fsp3) is 0.286. The van der Waals surface area contributed by atoms with Crippen molar-refractivity contribution in [1.82, 2.24) is 10.2 Å². The summed E-state index contributed by atoms with van der Waals surface area (Å²) in [6.07, 6.45) is 0. The van der Waals surface area contributed by atoms with Gasteiger partial charge >= 0.3 is 0 Å². The van der Waals surface area contributed by atoms with Crippen molar-refractivity contribution in [1.29, 1.82) is 0 Å². The van der Waals surface area contributed by atoms with Crippen molar-refractivity contribution in [3.05, 3.63) is 87.9 Å². The SMILES string of the molecule is COc1ccc(N(CC(=O)N(Cc2ccc(Br)cc2)C(C)C(=O)NC(C)C)S(=O)(=O)c2ccccc2)cc1Cl. The van der Waals surface area contributed by atoms with Gasteiger partial charge in [-0.05, 0) is 68.8 Å². The number of carbonyl (C=O) groups is 2. The van der Waals surface area contributed by atoms with Crippen molar-refractivity contribution in [2.24, 2.45) is 0 Å². The minimum atomic E-state index is -4.18. The zero-order valence-corrected chi connectivity index (χ0v) is 25.3. The molecule has 0 fully saturated rings. The number of amides is 2. The maximum Gasteiger partial charge on any atom is 0.264 e. The maximum atomic E-state index is 13.9. The Labute approximate surface area is 243 Å². The van der Waals surface area contributed by atoms with Crippen molar-refractivity contribution < 1.29 is 22.7 Å². The number of ether oxygens (including phenoxy) is 1. The Morgan fingerprint density at radius 3 is 2.21 bits per heavy atom. The smallest absolute Gasteiger partial charge is 0.264 e. The Morgan fingerprint density at radius 2 is 1.64 bits per heavy atom. The highest BCUT2D eigenvalue weighted by Gasteiger charge is 2.33. The molecule has 3 aromatic carbocycles. The van der Waals surface area contributed by atoms with Crippen molar-refractivity contribution in [3.63, 3.8) is 0 Å². The Morgan fingerprint density at radius 1 is 1.00 bits per heavy atom. The van der Waals surface area contributed by atoms with E-state index in [9.17, 15) is 18.0 Å². The van der Waals surface area contributed by atoms with Crippen LogP contribution in [0.4, 0.5) is 5.69 Å². The molecule has 0 aliphatic heterocycles. The first-order valence-electron chi connectivity index (χ1n) is 12.2. The van der Waals surface area contributed by atoms with Crippen LogP contribution in [0.1, 0.15) is 26.3 Å². The van der Waals surface area contributed by atoms with E-state index < -0.39 is 28.5 Å². The van der Waals surface area contributed by atoms with Crippen LogP contribution in [-0.2, 0) is 26.2 Å². The summed E-state index contributed by atoms with van der Waals surface area (Å²) < 4.78 is 34.7. The molecule has 8 nitrogen and oxygen atoms in total. The van der Waals surface area contributed by atoms with Crippen molar-refractivity contribution >= 4 is 55.1 Å². The monoisotopic (exact) mass is 635 g/mol. The van der Waals surface area contributed by atoms with Gasteiger partial charge in [0.1, 0.15) is 18.3 Å². The van der Waals surface area contributed by atoms with Gasteiger partial charge in [0.15, 0.2) is 0 Å². The van der Waals surface area contributed by atoms with E-state index >= 15 is 0 Å². The summed E-state index contributed by atoms with van der Waals surface area (Å²) in [5.74, 6) is -0.546. The molecule has 208 valence electrons. The first kappa shape index (κ1) is 30.5. The van der Waals surface area contributed by atoms with E-state index in [1.807, 2.05) is 38.1 Å². The number of nitrogens with one attached hydrogen (secondary N) is 1. The quantitative estimate of drug-likeness (QED) is 0.310. The molecule has 0 heterocycles. The molecule has 3 aromatic rings. The summed E-state index contributed by atoms with van der Waals surface area (Å²) >= 11 is 9.73. The predicted molar refractivity (Wildman–Crippen MR) is 156 cm³/mol. The molecule has 1 N–H and O–H groups in total. The number of rotatable bonds is 11. The topological polar surface area (TPSA) is 96.0 Å². The zero-order valence-electron chi connectivity index (χ0n) is 22.1. The molecular formula is C28H31BrClN3O5S. The molecule has 2 amide bonds. The van der Waals surface area contributed by atoms with Crippen LogP contribution in [0.25, 0.3) is 0 Å². The van der Waals surface area contributed by atoms with Gasteiger partial charge in [-0.15, -0.1) is 0 Å². The first-order chi connectivity index (χ1) is 18.4. The number of hydrogen-bond donors (Lipinski definition) is 1. The Kier molecular flexibility index (Phi) is 10.4. The number of benzene rings is 3. The maximum absolute atomic E-state index is 13.9. The van der Waals surface area contributed by atoms with Crippen LogP contribution >= 0.6 is 27.5 Å². The van der Waals surface area contributed by atoms with Gasteiger partial charge in [-0.2, -0.15) is 0 Å². The third-order valence-corrected chi connectivity index (χ3v) is 8.51. The average Bonchev–Trinajstić information content (AvgIpc) is 2.90. The van der Waals surface area contributed by atoms with E-state index in [1.54, 1.807) is 25.1 Å². The van der Waals surface area contributed by atoms with Gasteiger partial charge in [0.25, 0.3) is 10.0 Å². The number of sulfonamides is 1. The second kappa shape index (κ2) is 13.3. The molecule has 0 aliphatic carbocycles. The van der Waals surface area contributed by atoms with Gasteiger partial charge in [-0.3, -0.25) is 13.9 Å². The van der Waals surface area contributed by atoms with E-state index in [4.69, 9.17) is 16.3 Å². The lowest BCUT2D eigenvalue weighted by Gasteiger charge is -2.32. The van der Waals surface area contributed by atoms with Gasteiger partial charge in [0.05, 0.1) is 22.7 Å². The third kappa shape index (κ3) is 7.74. The van der Waals surface area contributed by atoms with Crippen LogP contribution in [0.5, 0.6) is 5.75 Å². The molecule has 0 spiro atoms. The standard InChI is InChI=1S/C28H31BrClN3O5S/c1-19(2)31-28(35)20(3)32(17-21-10-12-22(29)13-11-21)27(34)18-33(23-14-15-26(38-4)25(30)16-23)39(36,37)24-8-6-5-7-9-24/h5-16,19-20H,17-18H2,1-4H3,(H,31,35). The molecule has 0 saturated carbocycles. The van der Waals surface area contributed by atoms with Crippen LogP contribution in [0.3, 0.4) is 0 Å². The van der Waals surface area contributed by atoms with Gasteiger partial charge in [0.2, 0.25) is 11.8 Å². The molecule has 39 heavy (non-hydrogen) atoms. The van der Waals surface area contributed by atoms with Gasteiger partial charge < -0.3 is 15.0 Å². The molecule has 0 bridgehead atoms. The van der Waals surface area contributed by atoms with Gasteiger partial charge in [0, 0.05) is 17.1 Å². The predicted octanol–water partition coefficient (Wildman–Crippen LogP) is 5.25. The third-order valence-electron chi connectivity index (χ3n) is 5.90.